The van der Waals surface area contributed by atoms with Gasteiger partial charge in [-0.15, -0.1) is 0 Å². The van der Waals surface area contributed by atoms with Gasteiger partial charge in [0, 0.05) is 0 Å². The van der Waals surface area contributed by atoms with Gasteiger partial charge in [0.05, 0.1) is 12.7 Å². The first-order chi connectivity index (χ1) is 5.11. The molecule has 11 heavy (non-hydrogen) atoms. The first kappa shape index (κ1) is 10.6. The Morgan fingerprint density at radius 3 is 2.45 bits per heavy atom. The highest BCUT2D eigenvalue weighted by Crippen LogP contribution is 2.00. The van der Waals surface area contributed by atoms with Gasteiger partial charge >= 0.3 is 0 Å². The van der Waals surface area contributed by atoms with E-state index in [-0.39, 0.29) is 6.61 Å². The number of ether oxygens (including phenoxy) is 1. The van der Waals surface area contributed by atoms with Crippen molar-refractivity contribution in [2.75, 3.05) is 6.61 Å². The Morgan fingerprint density at radius 2 is 2.09 bits per heavy atom. The van der Waals surface area contributed by atoms with Crippen molar-refractivity contribution >= 4 is 6.29 Å². The summed E-state index contributed by atoms with van der Waals surface area (Å²) in [5, 5.41) is 17.5. The maximum atomic E-state index is 10.1. The summed E-state index contributed by atoms with van der Waals surface area (Å²) in [7, 11) is 0. The van der Waals surface area contributed by atoms with Crippen molar-refractivity contribution in [2.24, 2.45) is 0 Å². The molecule has 0 aliphatic carbocycles. The quantitative estimate of drug-likeness (QED) is 0.526. The van der Waals surface area contributed by atoms with E-state index in [0.717, 1.165) is 0 Å². The highest BCUT2D eigenvalue weighted by molar-refractivity contribution is 5.55. The van der Waals surface area contributed by atoms with Crippen molar-refractivity contribution in [2.45, 2.75) is 32.2 Å². The summed E-state index contributed by atoms with van der Waals surface area (Å²) < 4.78 is 4.97. The molecule has 0 bridgehead atoms. The highest BCUT2D eigenvalue weighted by Gasteiger charge is 2.15. The lowest BCUT2D eigenvalue weighted by molar-refractivity contribution is -0.126. The molecule has 2 N–H and O–H groups in total. The number of hydrogen-bond donors (Lipinski definition) is 2. The number of carbonyl (C=O) groups is 1. The normalized spacial score (nSPS) is 18.9. The molecule has 0 saturated heterocycles. The van der Waals surface area contributed by atoms with Crippen molar-refractivity contribution in [3.8, 4) is 0 Å². The molecule has 2 unspecified atom stereocenters. The van der Waals surface area contributed by atoms with Crippen LogP contribution in [0, 0.1) is 0 Å². The van der Waals surface area contributed by atoms with Crippen molar-refractivity contribution in [1.82, 2.24) is 0 Å². The van der Waals surface area contributed by atoms with E-state index in [9.17, 15) is 4.79 Å². The van der Waals surface area contributed by atoms with E-state index in [1.54, 1.807) is 13.8 Å². The van der Waals surface area contributed by atoms with Crippen LogP contribution in [0.2, 0.25) is 0 Å². The van der Waals surface area contributed by atoms with Gasteiger partial charge in [-0.05, 0) is 13.8 Å². The summed E-state index contributed by atoms with van der Waals surface area (Å²) in [5.41, 5.74) is 0. The molecule has 0 radical (unpaired) electrons. The Hall–Kier alpha value is -0.450. The third-order valence-corrected chi connectivity index (χ3v) is 1.35. The lowest BCUT2D eigenvalue weighted by Gasteiger charge is -2.18. The van der Waals surface area contributed by atoms with E-state index < -0.39 is 18.3 Å². The fraction of sp³-hybridized carbons (Fsp3) is 0.857. The van der Waals surface area contributed by atoms with Gasteiger partial charge in [-0.2, -0.15) is 0 Å². The smallest absolute Gasteiger partial charge is 0.148 e. The van der Waals surface area contributed by atoms with Crippen molar-refractivity contribution in [1.29, 1.82) is 0 Å². The molecule has 66 valence electrons. The van der Waals surface area contributed by atoms with Crippen molar-refractivity contribution < 1.29 is 19.7 Å². The zero-order valence-corrected chi connectivity index (χ0v) is 6.73. The summed E-state index contributed by atoms with van der Waals surface area (Å²) in [6, 6.07) is 0. The molecular weight excluding hydrogens is 148 g/mol. The monoisotopic (exact) mass is 162 g/mol. The van der Waals surface area contributed by atoms with E-state index in [4.69, 9.17) is 14.9 Å². The molecule has 0 heterocycles. The Morgan fingerprint density at radius 1 is 1.55 bits per heavy atom. The molecule has 0 spiro atoms. The van der Waals surface area contributed by atoms with Crippen molar-refractivity contribution in [3.63, 3.8) is 0 Å². The summed E-state index contributed by atoms with van der Waals surface area (Å²) in [6.07, 6.45) is -1.33. The molecule has 0 aromatic carbocycles. The van der Waals surface area contributed by atoms with E-state index in [1.807, 2.05) is 0 Å². The molecule has 0 aliphatic heterocycles. The highest BCUT2D eigenvalue weighted by atomic mass is 16.5. The molecule has 0 rings (SSSR count). The van der Waals surface area contributed by atoms with Crippen LogP contribution in [0.3, 0.4) is 0 Å². The molecule has 0 aromatic heterocycles. The maximum Gasteiger partial charge on any atom is 0.148 e. The third kappa shape index (κ3) is 4.08. The molecule has 3 atom stereocenters. The van der Waals surface area contributed by atoms with Gasteiger partial charge in [-0.1, -0.05) is 0 Å². The second-order valence-electron chi connectivity index (χ2n) is 2.43. The van der Waals surface area contributed by atoms with E-state index in [2.05, 4.69) is 0 Å². The van der Waals surface area contributed by atoms with Gasteiger partial charge in [0.25, 0.3) is 0 Å². The second-order valence-corrected chi connectivity index (χ2v) is 2.43. The molecule has 0 aromatic rings. The van der Waals surface area contributed by atoms with Gasteiger partial charge < -0.3 is 19.7 Å². The van der Waals surface area contributed by atoms with Crippen LogP contribution in [-0.4, -0.2) is 41.4 Å². The molecule has 4 nitrogen and oxygen atoms in total. The molecular formula is C7H14O4. The van der Waals surface area contributed by atoms with Crippen LogP contribution in [-0.2, 0) is 9.53 Å². The summed E-state index contributed by atoms with van der Waals surface area (Å²) >= 11 is 0. The lowest BCUT2D eigenvalue weighted by Crippen LogP contribution is -2.32. The third-order valence-electron chi connectivity index (χ3n) is 1.35. The molecule has 0 aliphatic rings. The Labute approximate surface area is 65.8 Å². The van der Waals surface area contributed by atoms with Crippen LogP contribution < -0.4 is 0 Å². The van der Waals surface area contributed by atoms with Crippen LogP contribution in [0.5, 0.6) is 0 Å². The SMILES string of the molecule is CC(O[C@@H](C)C=O)C(O)CO. The lowest BCUT2D eigenvalue weighted by atomic mass is 10.2. The molecule has 4 heteroatoms. The number of rotatable bonds is 5. The van der Waals surface area contributed by atoms with Gasteiger partial charge in [0.15, 0.2) is 0 Å². The predicted molar refractivity (Wildman–Crippen MR) is 39.2 cm³/mol. The van der Waals surface area contributed by atoms with Gasteiger partial charge in [0.1, 0.15) is 18.5 Å². The zero-order valence-electron chi connectivity index (χ0n) is 6.73. The van der Waals surface area contributed by atoms with Crippen LogP contribution in [0.25, 0.3) is 0 Å². The Balaban J connectivity index is 3.66. The minimum atomic E-state index is -0.919. The second kappa shape index (κ2) is 5.23. The Kier molecular flexibility index (Phi) is 5.02. The van der Waals surface area contributed by atoms with E-state index in [1.165, 1.54) is 0 Å². The summed E-state index contributed by atoms with van der Waals surface area (Å²) in [6.45, 7) is 2.82. The zero-order chi connectivity index (χ0) is 8.85. The maximum absolute atomic E-state index is 10.1. The van der Waals surface area contributed by atoms with Crippen LogP contribution in [0.15, 0.2) is 0 Å². The molecule has 0 saturated carbocycles. The summed E-state index contributed by atoms with van der Waals surface area (Å²) in [5.74, 6) is 0. The molecule has 0 amide bonds. The Bertz CT molecular complexity index is 115. The number of hydrogen-bond acceptors (Lipinski definition) is 4. The first-order valence-electron chi connectivity index (χ1n) is 3.51. The van der Waals surface area contributed by atoms with E-state index >= 15 is 0 Å². The minimum Gasteiger partial charge on any atom is -0.394 e. The average molecular weight is 162 g/mol. The fourth-order valence-electron chi connectivity index (χ4n) is 0.610. The molecule has 0 fully saturated rings. The van der Waals surface area contributed by atoms with E-state index in [0.29, 0.717) is 6.29 Å². The fourth-order valence-corrected chi connectivity index (χ4v) is 0.610. The first-order valence-corrected chi connectivity index (χ1v) is 3.51. The average Bonchev–Trinajstić information content (AvgIpc) is 2.02. The van der Waals surface area contributed by atoms with Crippen LogP contribution >= 0.6 is 0 Å². The van der Waals surface area contributed by atoms with Gasteiger partial charge in [-0.3, -0.25) is 0 Å². The van der Waals surface area contributed by atoms with Gasteiger partial charge in [0.2, 0.25) is 0 Å². The van der Waals surface area contributed by atoms with Crippen LogP contribution in [0.4, 0.5) is 0 Å². The number of aliphatic hydroxyl groups excluding tert-OH is 2. The largest absolute Gasteiger partial charge is 0.394 e. The standard InChI is InChI=1S/C7H14O4/c1-5(3-8)11-6(2)7(10)4-9/h3,5-7,9-10H,4H2,1-2H3/t5-,6?,7?/m0/s1. The number of carbonyl (C=O) groups excluding carboxylic acids is 1. The number of aldehydes is 1. The van der Waals surface area contributed by atoms with Gasteiger partial charge in [-0.25, -0.2) is 0 Å². The van der Waals surface area contributed by atoms with Crippen LogP contribution in [0.1, 0.15) is 13.8 Å². The predicted octanol–water partition coefficient (Wildman–Crippen LogP) is -0.668. The number of aliphatic hydroxyl groups is 2. The van der Waals surface area contributed by atoms with Crippen molar-refractivity contribution in [3.05, 3.63) is 0 Å². The minimum absolute atomic E-state index is 0.354. The topological polar surface area (TPSA) is 66.8 Å². The summed E-state index contributed by atoms with van der Waals surface area (Å²) in [4.78, 5) is 10.1.